The number of benzene rings is 1. The van der Waals surface area contributed by atoms with Gasteiger partial charge in [0.1, 0.15) is 6.04 Å². The van der Waals surface area contributed by atoms with Crippen molar-refractivity contribution in [1.82, 2.24) is 5.01 Å². The third kappa shape index (κ3) is 0.767. The molecule has 1 aromatic rings. The van der Waals surface area contributed by atoms with E-state index in [1.54, 1.807) is 0 Å². The number of aliphatic hydroxyl groups excluding tert-OH is 1. The van der Waals surface area contributed by atoms with Gasteiger partial charge in [-0.3, -0.25) is 0 Å². The van der Waals surface area contributed by atoms with E-state index in [1.807, 2.05) is 24.3 Å². The van der Waals surface area contributed by atoms with Gasteiger partial charge in [0, 0.05) is 6.42 Å². The predicted molar refractivity (Wildman–Crippen MR) is 50.2 cm³/mol. The van der Waals surface area contributed by atoms with Crippen LogP contribution in [0.5, 0.6) is 0 Å². The maximum absolute atomic E-state index is 10.6. The summed E-state index contributed by atoms with van der Waals surface area (Å²) < 4.78 is 0. The normalized spacial score (nSPS) is 33.2. The largest absolute Gasteiger partial charge is 0.390 e. The van der Waals surface area contributed by atoms with Gasteiger partial charge in [-0.2, -0.15) is 0 Å². The van der Waals surface area contributed by atoms with E-state index in [-0.39, 0.29) is 12.1 Å². The van der Waals surface area contributed by atoms with Gasteiger partial charge in [-0.1, -0.05) is 24.3 Å². The molecule has 3 atom stereocenters. The fourth-order valence-electron chi connectivity index (χ4n) is 2.65. The summed E-state index contributed by atoms with van der Waals surface area (Å²) in [4.78, 5) is 10.6. The minimum atomic E-state index is -0.451. The second kappa shape index (κ2) is 2.54. The van der Waals surface area contributed by atoms with Crippen LogP contribution in [0.25, 0.3) is 0 Å². The zero-order valence-electron chi connectivity index (χ0n) is 7.50. The van der Waals surface area contributed by atoms with Crippen molar-refractivity contribution < 1.29 is 5.11 Å². The molecule has 4 heteroatoms. The highest BCUT2D eigenvalue weighted by Crippen LogP contribution is 2.52. The Kier molecular flexibility index (Phi) is 1.44. The van der Waals surface area contributed by atoms with E-state index in [0.717, 1.165) is 11.1 Å². The Morgan fingerprint density at radius 1 is 1.36 bits per heavy atom. The molecule has 1 aromatic carbocycles. The summed E-state index contributed by atoms with van der Waals surface area (Å²) in [5.41, 5.74) is 2.19. The Balaban J connectivity index is 2.17. The van der Waals surface area contributed by atoms with Gasteiger partial charge < -0.3 is 5.11 Å². The lowest BCUT2D eigenvalue weighted by atomic mass is 9.90. The molecule has 1 saturated heterocycles. The molecule has 3 unspecified atom stereocenters. The fraction of sp³-hybridized carbons (Fsp3) is 0.400. The summed E-state index contributed by atoms with van der Waals surface area (Å²) in [6, 6.07) is 7.62. The molecule has 1 N–H and O–H groups in total. The van der Waals surface area contributed by atoms with Gasteiger partial charge >= 0.3 is 0 Å². The van der Waals surface area contributed by atoms with Gasteiger partial charge in [-0.05, 0) is 11.1 Å². The second-order valence-electron chi connectivity index (χ2n) is 3.85. The Hall–Kier alpha value is -1.42. The first-order chi connectivity index (χ1) is 6.83. The number of hydrogen-bond acceptors (Lipinski definition) is 3. The molecule has 1 fully saturated rings. The summed E-state index contributed by atoms with van der Waals surface area (Å²) >= 11 is 0. The number of nitrogens with zero attached hydrogens (tertiary/aromatic N) is 2. The van der Waals surface area contributed by atoms with Crippen molar-refractivity contribution in [3.63, 3.8) is 0 Å². The third-order valence-electron chi connectivity index (χ3n) is 3.20. The zero-order chi connectivity index (χ0) is 9.71. The van der Waals surface area contributed by atoms with Crippen LogP contribution in [0.15, 0.2) is 29.6 Å². The third-order valence-corrected chi connectivity index (χ3v) is 3.20. The molecule has 0 amide bonds. The van der Waals surface area contributed by atoms with Gasteiger partial charge in [-0.15, -0.1) is 4.91 Å². The van der Waals surface area contributed by atoms with Gasteiger partial charge in [0.2, 0.25) is 0 Å². The van der Waals surface area contributed by atoms with Gasteiger partial charge in [0.25, 0.3) is 0 Å². The van der Waals surface area contributed by atoms with Crippen LogP contribution in [-0.2, 0) is 0 Å². The molecule has 2 bridgehead atoms. The highest BCUT2D eigenvalue weighted by atomic mass is 16.3. The van der Waals surface area contributed by atoms with Crippen LogP contribution < -0.4 is 0 Å². The smallest absolute Gasteiger partial charge is 0.102 e. The van der Waals surface area contributed by atoms with Crippen molar-refractivity contribution >= 4 is 0 Å². The molecule has 0 saturated carbocycles. The van der Waals surface area contributed by atoms with E-state index in [4.69, 9.17) is 0 Å². The predicted octanol–water partition coefficient (Wildman–Crippen LogP) is 1.53. The lowest BCUT2D eigenvalue weighted by Gasteiger charge is -2.16. The van der Waals surface area contributed by atoms with Crippen molar-refractivity contribution in [2.45, 2.75) is 24.6 Å². The Morgan fingerprint density at radius 3 is 2.79 bits per heavy atom. The molecule has 0 spiro atoms. The minimum absolute atomic E-state index is 0.0105. The first kappa shape index (κ1) is 7.94. The molecule has 4 nitrogen and oxygen atoms in total. The topological polar surface area (TPSA) is 52.9 Å². The van der Waals surface area contributed by atoms with Crippen LogP contribution in [-0.4, -0.2) is 16.2 Å². The standard InChI is InChI=1S/C10H10N2O2/c13-9-5-8-6-3-1-2-4-7(6)10(9)12(8)11-14/h1-4,8-10,13H,5H2. The van der Waals surface area contributed by atoms with Crippen LogP contribution in [0.2, 0.25) is 0 Å². The van der Waals surface area contributed by atoms with E-state index in [9.17, 15) is 10.0 Å². The number of aliphatic hydroxyl groups is 1. The molecule has 2 aliphatic rings. The highest BCUT2D eigenvalue weighted by Gasteiger charge is 2.49. The monoisotopic (exact) mass is 190 g/mol. The van der Waals surface area contributed by atoms with E-state index in [0.29, 0.717) is 6.42 Å². The molecular weight excluding hydrogens is 180 g/mol. The van der Waals surface area contributed by atoms with Crippen LogP contribution in [0.4, 0.5) is 0 Å². The molecule has 2 aliphatic heterocycles. The fourth-order valence-corrected chi connectivity index (χ4v) is 2.65. The quantitative estimate of drug-likeness (QED) is 0.683. The summed E-state index contributed by atoms with van der Waals surface area (Å²) in [5.74, 6) is 0. The highest BCUT2D eigenvalue weighted by molar-refractivity contribution is 5.41. The molecule has 2 heterocycles. The SMILES string of the molecule is O=NN1C2CC(O)C1c1ccccc12. The number of fused-ring (bicyclic) bond motifs is 5. The van der Waals surface area contributed by atoms with Crippen molar-refractivity contribution in [3.05, 3.63) is 40.3 Å². The molecule has 0 radical (unpaired) electrons. The van der Waals surface area contributed by atoms with Crippen molar-refractivity contribution in [1.29, 1.82) is 0 Å². The first-order valence-electron chi connectivity index (χ1n) is 4.71. The average molecular weight is 190 g/mol. The minimum Gasteiger partial charge on any atom is -0.390 e. The summed E-state index contributed by atoms with van der Waals surface area (Å²) in [6.45, 7) is 0. The summed E-state index contributed by atoms with van der Waals surface area (Å²) in [6.07, 6.45) is 0.167. The van der Waals surface area contributed by atoms with Gasteiger partial charge in [0.15, 0.2) is 0 Å². The van der Waals surface area contributed by atoms with Crippen molar-refractivity contribution in [3.8, 4) is 0 Å². The molecule has 0 aliphatic carbocycles. The van der Waals surface area contributed by atoms with Gasteiger partial charge in [0.05, 0.1) is 17.4 Å². The van der Waals surface area contributed by atoms with Gasteiger partial charge in [-0.25, -0.2) is 5.01 Å². The molecule has 0 aromatic heterocycles. The zero-order valence-corrected chi connectivity index (χ0v) is 7.50. The lowest BCUT2D eigenvalue weighted by molar-refractivity contribution is 0.119. The van der Waals surface area contributed by atoms with Crippen LogP contribution in [0, 0.1) is 4.91 Å². The van der Waals surface area contributed by atoms with E-state index >= 15 is 0 Å². The van der Waals surface area contributed by atoms with E-state index in [2.05, 4.69) is 5.29 Å². The second-order valence-corrected chi connectivity index (χ2v) is 3.85. The van der Waals surface area contributed by atoms with Crippen LogP contribution in [0.3, 0.4) is 0 Å². The molecule has 14 heavy (non-hydrogen) atoms. The Labute approximate surface area is 81.1 Å². The van der Waals surface area contributed by atoms with E-state index < -0.39 is 6.10 Å². The van der Waals surface area contributed by atoms with Crippen molar-refractivity contribution in [2.24, 2.45) is 5.29 Å². The van der Waals surface area contributed by atoms with Crippen LogP contribution in [0.1, 0.15) is 29.6 Å². The van der Waals surface area contributed by atoms with Crippen molar-refractivity contribution in [2.75, 3.05) is 0 Å². The average Bonchev–Trinajstić information content (AvgIpc) is 2.69. The first-order valence-corrected chi connectivity index (χ1v) is 4.71. The summed E-state index contributed by atoms with van der Waals surface area (Å²) in [7, 11) is 0. The Morgan fingerprint density at radius 2 is 2.07 bits per heavy atom. The number of nitroso groups, excluding NO2 is 1. The molecule has 3 rings (SSSR count). The molecule has 72 valence electrons. The maximum atomic E-state index is 10.6. The Bertz CT molecular complexity index is 393. The summed E-state index contributed by atoms with van der Waals surface area (Å²) in [5, 5.41) is 14.2. The molecular formula is C10H10N2O2. The van der Waals surface area contributed by atoms with E-state index in [1.165, 1.54) is 5.01 Å². The van der Waals surface area contributed by atoms with Crippen LogP contribution >= 0.6 is 0 Å². The number of hydrogen-bond donors (Lipinski definition) is 1. The lowest BCUT2D eigenvalue weighted by Crippen LogP contribution is -2.18. The maximum Gasteiger partial charge on any atom is 0.102 e. The number of rotatable bonds is 1.